The summed E-state index contributed by atoms with van der Waals surface area (Å²) < 4.78 is 15.3. The predicted octanol–water partition coefficient (Wildman–Crippen LogP) is 3.27. The van der Waals surface area contributed by atoms with Crippen LogP contribution in [0, 0.1) is 12.7 Å². The van der Waals surface area contributed by atoms with Gasteiger partial charge in [0.05, 0.1) is 18.4 Å². The van der Waals surface area contributed by atoms with Crippen molar-refractivity contribution in [2.45, 2.75) is 19.8 Å². The van der Waals surface area contributed by atoms with E-state index in [1.165, 1.54) is 22.8 Å². The molecular formula is C21H18ClFN2O5. The quantitative estimate of drug-likeness (QED) is 0.554. The summed E-state index contributed by atoms with van der Waals surface area (Å²) in [6.45, 7) is 1.57. The minimum Gasteiger partial charge on any atom is -0.505 e. The number of hydrogen-bond acceptors (Lipinski definition) is 4. The Hall–Kier alpha value is -3.39. The molecule has 0 radical (unpaired) electrons. The molecule has 0 saturated heterocycles. The first-order chi connectivity index (χ1) is 14.2. The smallest absolute Gasteiger partial charge is 0.305 e. The number of aromatic hydroxyl groups is 1. The maximum Gasteiger partial charge on any atom is 0.305 e. The van der Waals surface area contributed by atoms with Gasteiger partial charge in [0, 0.05) is 34.3 Å². The summed E-state index contributed by atoms with van der Waals surface area (Å²) in [6.07, 6.45) is -0.401. The van der Waals surface area contributed by atoms with Crippen LogP contribution in [0.2, 0.25) is 5.02 Å². The van der Waals surface area contributed by atoms with Crippen LogP contribution in [0.25, 0.3) is 10.9 Å². The molecule has 0 aliphatic carbocycles. The van der Waals surface area contributed by atoms with Crippen molar-refractivity contribution >= 4 is 40.3 Å². The Labute approximate surface area is 175 Å². The monoisotopic (exact) mass is 432 g/mol. The third-order valence-electron chi connectivity index (χ3n) is 4.70. The number of carbonyl (C=O) groups excluding carboxylic acids is 2. The Morgan fingerprint density at radius 1 is 1.17 bits per heavy atom. The number of halogens is 2. The maximum atomic E-state index is 14.1. The number of fused-ring (bicyclic) bond motifs is 1. The van der Waals surface area contributed by atoms with E-state index in [0.717, 1.165) is 6.07 Å². The number of hydrogen-bond donors (Lipinski definition) is 3. The molecule has 0 aliphatic heterocycles. The number of amides is 1. The molecule has 0 spiro atoms. The van der Waals surface area contributed by atoms with Gasteiger partial charge >= 0.3 is 5.97 Å². The Balaban J connectivity index is 2.05. The fraction of sp³-hybridized carbons (Fsp3) is 0.190. The van der Waals surface area contributed by atoms with Crippen molar-refractivity contribution in [2.75, 3.05) is 6.54 Å². The number of phenolic OH excluding ortho intramolecular Hbond substituents is 1. The number of carbonyl (C=O) groups is 3. The summed E-state index contributed by atoms with van der Waals surface area (Å²) in [5, 5.41) is 21.8. The van der Waals surface area contributed by atoms with Crippen LogP contribution in [-0.4, -0.2) is 39.1 Å². The van der Waals surface area contributed by atoms with Crippen LogP contribution >= 0.6 is 11.6 Å². The molecule has 2 aromatic carbocycles. The van der Waals surface area contributed by atoms with Crippen LogP contribution in [0.4, 0.5) is 4.39 Å². The van der Waals surface area contributed by atoms with Crippen molar-refractivity contribution in [3.05, 3.63) is 64.1 Å². The number of aliphatic carboxylic acids is 1. The summed E-state index contributed by atoms with van der Waals surface area (Å²) in [6, 6.07) is 8.38. The van der Waals surface area contributed by atoms with E-state index in [9.17, 15) is 23.9 Å². The first-order valence-corrected chi connectivity index (χ1v) is 9.38. The molecule has 0 unspecified atom stereocenters. The van der Waals surface area contributed by atoms with Gasteiger partial charge in [0.15, 0.2) is 11.6 Å². The van der Waals surface area contributed by atoms with Crippen LogP contribution in [0.1, 0.15) is 28.0 Å². The fourth-order valence-electron chi connectivity index (χ4n) is 3.23. The molecule has 30 heavy (non-hydrogen) atoms. The molecule has 0 atom stereocenters. The third kappa shape index (κ3) is 4.28. The molecule has 156 valence electrons. The number of nitrogens with one attached hydrogen (secondary N) is 1. The molecule has 7 nitrogen and oxygen atoms in total. The summed E-state index contributed by atoms with van der Waals surface area (Å²) in [7, 11) is 0. The lowest BCUT2D eigenvalue weighted by Gasteiger charge is -2.08. The number of nitrogens with zero attached hydrogens (tertiary/aromatic N) is 1. The molecule has 3 aromatic rings. The molecule has 1 heterocycles. The molecule has 1 amide bonds. The van der Waals surface area contributed by atoms with E-state index < -0.39 is 29.4 Å². The average molecular weight is 433 g/mol. The van der Waals surface area contributed by atoms with E-state index in [-0.39, 0.29) is 24.9 Å². The number of rotatable bonds is 6. The highest BCUT2D eigenvalue weighted by atomic mass is 35.5. The molecule has 9 heteroatoms. The summed E-state index contributed by atoms with van der Waals surface area (Å²) in [5.41, 5.74) is 1.35. The predicted molar refractivity (Wildman–Crippen MR) is 108 cm³/mol. The molecule has 0 bridgehead atoms. The van der Waals surface area contributed by atoms with E-state index >= 15 is 0 Å². The molecular weight excluding hydrogens is 415 g/mol. The lowest BCUT2D eigenvalue weighted by molar-refractivity contribution is -0.136. The van der Waals surface area contributed by atoms with Crippen LogP contribution < -0.4 is 5.32 Å². The second-order valence-electron chi connectivity index (χ2n) is 6.70. The van der Waals surface area contributed by atoms with Gasteiger partial charge in [-0.05, 0) is 42.8 Å². The van der Waals surface area contributed by atoms with Crippen LogP contribution in [0.3, 0.4) is 0 Å². The van der Waals surface area contributed by atoms with Crippen molar-refractivity contribution in [1.82, 2.24) is 9.88 Å². The number of carboxylic acids is 1. The SMILES string of the molecule is Cc1c(CC(=O)NCCC(=O)O)c2cc(O)c(F)cc2n1C(=O)c1ccc(Cl)cc1. The number of phenols is 1. The van der Waals surface area contributed by atoms with Gasteiger partial charge in [-0.1, -0.05) is 11.6 Å². The third-order valence-corrected chi connectivity index (χ3v) is 4.95. The lowest BCUT2D eigenvalue weighted by atomic mass is 10.1. The summed E-state index contributed by atoms with van der Waals surface area (Å²) in [5.74, 6) is -3.45. The second-order valence-corrected chi connectivity index (χ2v) is 7.14. The normalized spacial score (nSPS) is 10.9. The largest absolute Gasteiger partial charge is 0.505 e. The van der Waals surface area contributed by atoms with Crippen LogP contribution in [0.15, 0.2) is 36.4 Å². The van der Waals surface area contributed by atoms with Gasteiger partial charge in [-0.2, -0.15) is 0 Å². The zero-order chi connectivity index (χ0) is 22.0. The Morgan fingerprint density at radius 3 is 2.47 bits per heavy atom. The molecule has 0 saturated carbocycles. The maximum absolute atomic E-state index is 14.1. The molecule has 3 rings (SSSR count). The summed E-state index contributed by atoms with van der Waals surface area (Å²) >= 11 is 5.87. The highest BCUT2D eigenvalue weighted by Crippen LogP contribution is 2.32. The van der Waals surface area contributed by atoms with Crippen molar-refractivity contribution in [3.8, 4) is 5.75 Å². The second kappa shape index (κ2) is 8.54. The first-order valence-electron chi connectivity index (χ1n) is 9.00. The van der Waals surface area contributed by atoms with E-state index in [2.05, 4.69) is 5.32 Å². The van der Waals surface area contributed by atoms with Gasteiger partial charge in [0.2, 0.25) is 5.91 Å². The minimum atomic E-state index is -1.04. The van der Waals surface area contributed by atoms with Crippen molar-refractivity contribution in [3.63, 3.8) is 0 Å². The van der Waals surface area contributed by atoms with Gasteiger partial charge in [-0.15, -0.1) is 0 Å². The van der Waals surface area contributed by atoms with Gasteiger partial charge in [-0.25, -0.2) is 4.39 Å². The number of carboxylic acid groups (broad SMARTS) is 1. The zero-order valence-corrected chi connectivity index (χ0v) is 16.7. The van der Waals surface area contributed by atoms with Crippen LogP contribution in [-0.2, 0) is 16.0 Å². The molecule has 0 fully saturated rings. The highest BCUT2D eigenvalue weighted by Gasteiger charge is 2.23. The van der Waals surface area contributed by atoms with E-state index in [1.807, 2.05) is 0 Å². The van der Waals surface area contributed by atoms with Crippen molar-refractivity contribution in [2.24, 2.45) is 0 Å². The average Bonchev–Trinajstić information content (AvgIpc) is 2.93. The van der Waals surface area contributed by atoms with Crippen LogP contribution in [0.5, 0.6) is 5.75 Å². The topological polar surface area (TPSA) is 109 Å². The van der Waals surface area contributed by atoms with E-state index in [0.29, 0.717) is 27.2 Å². The fourth-order valence-corrected chi connectivity index (χ4v) is 3.35. The number of aromatic nitrogens is 1. The van der Waals surface area contributed by atoms with E-state index in [1.54, 1.807) is 19.1 Å². The lowest BCUT2D eigenvalue weighted by Crippen LogP contribution is -2.27. The zero-order valence-electron chi connectivity index (χ0n) is 15.9. The van der Waals surface area contributed by atoms with Gasteiger partial charge in [-0.3, -0.25) is 19.0 Å². The summed E-state index contributed by atoms with van der Waals surface area (Å²) in [4.78, 5) is 36.0. The minimum absolute atomic E-state index is 0.0462. The molecule has 0 aliphatic rings. The first kappa shape index (κ1) is 21.3. The van der Waals surface area contributed by atoms with Gasteiger partial charge in [0.1, 0.15) is 0 Å². The van der Waals surface area contributed by atoms with Gasteiger partial charge in [0.25, 0.3) is 5.91 Å². The highest BCUT2D eigenvalue weighted by molar-refractivity contribution is 6.30. The Kier molecular flexibility index (Phi) is 6.07. The standard InChI is InChI=1S/C21H18ClFN2O5/c1-11-14(9-19(27)24-7-6-20(28)29)15-8-18(26)16(23)10-17(15)25(11)21(30)12-2-4-13(22)5-3-12/h2-5,8,10,26H,6-7,9H2,1H3,(H,24,27)(H,28,29). The molecule has 1 aromatic heterocycles. The Morgan fingerprint density at radius 2 is 1.83 bits per heavy atom. The molecule has 3 N–H and O–H groups in total. The van der Waals surface area contributed by atoms with E-state index in [4.69, 9.17) is 16.7 Å². The van der Waals surface area contributed by atoms with Gasteiger partial charge < -0.3 is 15.5 Å². The Bertz CT molecular complexity index is 1150. The number of benzene rings is 2. The van der Waals surface area contributed by atoms with Crippen molar-refractivity contribution < 1.29 is 29.0 Å². The van der Waals surface area contributed by atoms with Crippen molar-refractivity contribution in [1.29, 1.82) is 0 Å².